The van der Waals surface area contributed by atoms with Crippen molar-refractivity contribution in [2.45, 2.75) is 11.3 Å². The number of anilines is 1. The summed E-state index contributed by atoms with van der Waals surface area (Å²) < 4.78 is 22.3. The Morgan fingerprint density at radius 2 is 1.88 bits per heavy atom. The van der Waals surface area contributed by atoms with E-state index in [1.807, 2.05) is 0 Å². The van der Waals surface area contributed by atoms with E-state index in [1.54, 1.807) is 12.1 Å². The number of hydrogen-bond acceptors (Lipinski definition) is 3. The van der Waals surface area contributed by atoms with Crippen molar-refractivity contribution < 1.29 is 13.2 Å². The molecular formula is C10H12ClNO3S. The van der Waals surface area contributed by atoms with Crippen LogP contribution in [0.3, 0.4) is 0 Å². The first-order valence-corrected chi connectivity index (χ1v) is 7.02. The van der Waals surface area contributed by atoms with Gasteiger partial charge in [0.05, 0.1) is 4.90 Å². The van der Waals surface area contributed by atoms with Crippen LogP contribution in [-0.2, 0) is 14.6 Å². The summed E-state index contributed by atoms with van der Waals surface area (Å²) in [6, 6.07) is 5.99. The van der Waals surface area contributed by atoms with Crippen molar-refractivity contribution in [3.8, 4) is 0 Å². The van der Waals surface area contributed by atoms with Gasteiger partial charge in [0.1, 0.15) is 0 Å². The minimum atomic E-state index is -3.19. The highest BCUT2D eigenvalue weighted by atomic mass is 35.5. The van der Waals surface area contributed by atoms with Crippen LogP contribution in [0.4, 0.5) is 5.69 Å². The molecule has 1 aromatic rings. The highest BCUT2D eigenvalue weighted by molar-refractivity contribution is 7.90. The Morgan fingerprint density at radius 3 is 2.31 bits per heavy atom. The summed E-state index contributed by atoms with van der Waals surface area (Å²) in [5, 5.41) is 2.60. The lowest BCUT2D eigenvalue weighted by Crippen LogP contribution is -2.11. The third-order valence-electron chi connectivity index (χ3n) is 1.89. The van der Waals surface area contributed by atoms with Gasteiger partial charge in [0.15, 0.2) is 9.84 Å². The molecule has 0 fully saturated rings. The van der Waals surface area contributed by atoms with Gasteiger partial charge in [-0.05, 0) is 24.3 Å². The summed E-state index contributed by atoms with van der Waals surface area (Å²) >= 11 is 5.41. The summed E-state index contributed by atoms with van der Waals surface area (Å²) in [5.74, 6) is 0.0647. The van der Waals surface area contributed by atoms with E-state index in [4.69, 9.17) is 11.6 Å². The predicted molar refractivity (Wildman–Crippen MR) is 63.5 cm³/mol. The Bertz CT molecular complexity index is 467. The highest BCUT2D eigenvalue weighted by Gasteiger charge is 2.07. The third kappa shape index (κ3) is 3.83. The molecule has 0 heterocycles. The second-order valence-electron chi connectivity index (χ2n) is 3.28. The number of rotatable bonds is 4. The van der Waals surface area contributed by atoms with Gasteiger partial charge in [0, 0.05) is 24.2 Å². The van der Waals surface area contributed by atoms with E-state index in [1.165, 1.54) is 12.1 Å². The van der Waals surface area contributed by atoms with Crippen molar-refractivity contribution in [2.75, 3.05) is 17.5 Å². The zero-order valence-electron chi connectivity index (χ0n) is 8.73. The van der Waals surface area contributed by atoms with Crippen LogP contribution < -0.4 is 5.32 Å². The molecule has 0 unspecified atom stereocenters. The van der Waals surface area contributed by atoms with Crippen molar-refractivity contribution >= 4 is 33.0 Å². The van der Waals surface area contributed by atoms with Crippen LogP contribution in [0.1, 0.15) is 6.42 Å². The largest absolute Gasteiger partial charge is 0.326 e. The number of nitrogens with one attached hydrogen (secondary N) is 1. The summed E-state index contributed by atoms with van der Waals surface area (Å²) in [7, 11) is -3.19. The average Bonchev–Trinajstić information content (AvgIpc) is 2.17. The Kier molecular flexibility index (Phi) is 4.32. The number of halogens is 1. The topological polar surface area (TPSA) is 63.2 Å². The first-order chi connectivity index (χ1) is 7.43. The highest BCUT2D eigenvalue weighted by Crippen LogP contribution is 2.13. The van der Waals surface area contributed by atoms with E-state index in [0.717, 1.165) is 6.26 Å². The lowest BCUT2D eigenvalue weighted by Gasteiger charge is -2.04. The van der Waals surface area contributed by atoms with Crippen molar-refractivity contribution in [1.29, 1.82) is 0 Å². The van der Waals surface area contributed by atoms with Crippen LogP contribution in [-0.4, -0.2) is 26.5 Å². The predicted octanol–water partition coefficient (Wildman–Crippen LogP) is 1.66. The minimum Gasteiger partial charge on any atom is -0.326 e. The number of sulfone groups is 1. The maximum atomic E-state index is 11.2. The van der Waals surface area contributed by atoms with Gasteiger partial charge in [0.2, 0.25) is 5.91 Å². The lowest BCUT2D eigenvalue weighted by atomic mass is 10.3. The van der Waals surface area contributed by atoms with E-state index < -0.39 is 9.84 Å². The van der Waals surface area contributed by atoms with Crippen LogP contribution in [0.15, 0.2) is 29.2 Å². The van der Waals surface area contributed by atoms with E-state index in [9.17, 15) is 13.2 Å². The quantitative estimate of drug-likeness (QED) is 0.839. The van der Waals surface area contributed by atoms with Crippen molar-refractivity contribution in [2.24, 2.45) is 0 Å². The normalized spacial score (nSPS) is 11.1. The Balaban J connectivity index is 2.76. The second-order valence-corrected chi connectivity index (χ2v) is 5.68. The van der Waals surface area contributed by atoms with Gasteiger partial charge in [-0.25, -0.2) is 8.42 Å². The maximum absolute atomic E-state index is 11.2. The van der Waals surface area contributed by atoms with Gasteiger partial charge in [-0.15, -0.1) is 11.6 Å². The SMILES string of the molecule is CS(=O)(=O)c1ccc(NC(=O)CCCl)cc1. The van der Waals surface area contributed by atoms with Crippen LogP contribution in [0.2, 0.25) is 0 Å². The average molecular weight is 262 g/mol. The first-order valence-electron chi connectivity index (χ1n) is 4.59. The minimum absolute atomic E-state index is 0.192. The molecule has 0 saturated carbocycles. The molecule has 0 aromatic heterocycles. The second kappa shape index (κ2) is 5.32. The standard InChI is InChI=1S/C10H12ClNO3S/c1-16(14,15)9-4-2-8(3-5-9)12-10(13)6-7-11/h2-5H,6-7H2,1H3,(H,12,13). The zero-order chi connectivity index (χ0) is 12.2. The molecule has 16 heavy (non-hydrogen) atoms. The summed E-state index contributed by atoms with van der Waals surface area (Å²) in [6.45, 7) is 0. The molecule has 88 valence electrons. The fraction of sp³-hybridized carbons (Fsp3) is 0.300. The zero-order valence-corrected chi connectivity index (χ0v) is 10.3. The molecule has 0 aliphatic carbocycles. The fourth-order valence-electron chi connectivity index (χ4n) is 1.09. The lowest BCUT2D eigenvalue weighted by molar-refractivity contribution is -0.115. The van der Waals surface area contributed by atoms with Gasteiger partial charge in [-0.3, -0.25) is 4.79 Å². The van der Waals surface area contributed by atoms with Crippen LogP contribution in [0.5, 0.6) is 0 Å². The number of benzene rings is 1. The monoisotopic (exact) mass is 261 g/mol. The van der Waals surface area contributed by atoms with Crippen molar-refractivity contribution in [1.82, 2.24) is 0 Å². The smallest absolute Gasteiger partial charge is 0.225 e. The van der Waals surface area contributed by atoms with Crippen LogP contribution in [0, 0.1) is 0 Å². The number of carbonyl (C=O) groups excluding carboxylic acids is 1. The molecule has 0 radical (unpaired) electrons. The van der Waals surface area contributed by atoms with E-state index >= 15 is 0 Å². The molecular weight excluding hydrogens is 250 g/mol. The van der Waals surface area contributed by atoms with Crippen LogP contribution in [0.25, 0.3) is 0 Å². The number of amides is 1. The Hall–Kier alpha value is -1.07. The molecule has 1 N–H and O–H groups in total. The maximum Gasteiger partial charge on any atom is 0.225 e. The molecule has 0 bridgehead atoms. The Labute approximate surface area is 99.5 Å². The van der Waals surface area contributed by atoms with E-state index in [2.05, 4.69) is 5.32 Å². The number of carbonyl (C=O) groups is 1. The van der Waals surface area contributed by atoms with Gasteiger partial charge in [0.25, 0.3) is 0 Å². The number of hydrogen-bond donors (Lipinski definition) is 1. The first kappa shape index (κ1) is 13.0. The molecule has 4 nitrogen and oxygen atoms in total. The Morgan fingerprint density at radius 1 is 1.31 bits per heavy atom. The van der Waals surface area contributed by atoms with Gasteiger partial charge < -0.3 is 5.32 Å². The van der Waals surface area contributed by atoms with E-state index in [-0.39, 0.29) is 23.1 Å². The van der Waals surface area contributed by atoms with Crippen molar-refractivity contribution in [3.63, 3.8) is 0 Å². The molecule has 0 aliphatic rings. The molecule has 0 saturated heterocycles. The molecule has 1 rings (SSSR count). The molecule has 0 spiro atoms. The van der Waals surface area contributed by atoms with E-state index in [0.29, 0.717) is 5.69 Å². The molecule has 6 heteroatoms. The third-order valence-corrected chi connectivity index (χ3v) is 3.21. The molecule has 1 aromatic carbocycles. The van der Waals surface area contributed by atoms with Gasteiger partial charge in [-0.2, -0.15) is 0 Å². The number of alkyl halides is 1. The fourth-order valence-corrected chi connectivity index (χ4v) is 1.90. The summed E-state index contributed by atoms with van der Waals surface area (Å²) in [5.41, 5.74) is 0.558. The van der Waals surface area contributed by atoms with Gasteiger partial charge in [-0.1, -0.05) is 0 Å². The van der Waals surface area contributed by atoms with Gasteiger partial charge >= 0.3 is 0 Å². The van der Waals surface area contributed by atoms with Crippen molar-refractivity contribution in [3.05, 3.63) is 24.3 Å². The summed E-state index contributed by atoms with van der Waals surface area (Å²) in [4.78, 5) is 11.4. The molecule has 0 atom stereocenters. The molecule has 0 aliphatic heterocycles. The summed E-state index contributed by atoms with van der Waals surface area (Å²) in [6.07, 6.45) is 1.36. The van der Waals surface area contributed by atoms with Crippen LogP contribution >= 0.6 is 11.6 Å². The molecule has 1 amide bonds.